The number of carbonyl (C=O) groups is 2. The highest BCUT2D eigenvalue weighted by atomic mass is 35.5. The Kier molecular flexibility index (Phi) is 10.1. The Labute approximate surface area is 265 Å². The van der Waals surface area contributed by atoms with E-state index in [0.29, 0.717) is 39.4 Å². The molecule has 5 rings (SSSR count). The van der Waals surface area contributed by atoms with Crippen molar-refractivity contribution in [2.24, 2.45) is 0 Å². The molecule has 1 aliphatic carbocycles. The molecule has 0 saturated carbocycles. The predicted molar refractivity (Wildman–Crippen MR) is 166 cm³/mol. The molecule has 0 aliphatic heterocycles. The lowest BCUT2D eigenvalue weighted by molar-refractivity contribution is -0.140. The summed E-state index contributed by atoms with van der Waals surface area (Å²) in [6.45, 7) is 0.177. The van der Waals surface area contributed by atoms with Gasteiger partial charge >= 0.3 is 11.9 Å². The van der Waals surface area contributed by atoms with E-state index in [1.807, 2.05) is 24.3 Å². The first kappa shape index (κ1) is 31.6. The molecule has 0 spiro atoms. The second kappa shape index (κ2) is 14.3. The fourth-order valence-electron chi connectivity index (χ4n) is 5.82. The number of aliphatic carboxylic acids is 2. The van der Waals surface area contributed by atoms with E-state index >= 15 is 0 Å². The van der Waals surface area contributed by atoms with Gasteiger partial charge in [-0.1, -0.05) is 48.0 Å². The molecule has 1 aliphatic rings. The number of carboxylic acids is 2. The Morgan fingerprint density at radius 2 is 1.89 bits per heavy atom. The van der Waals surface area contributed by atoms with Crippen molar-refractivity contribution in [3.63, 3.8) is 0 Å². The number of aromatic nitrogens is 1. The highest BCUT2D eigenvalue weighted by molar-refractivity contribution is 6.31. The summed E-state index contributed by atoms with van der Waals surface area (Å²) >= 11 is 6.82. The van der Waals surface area contributed by atoms with Crippen LogP contribution in [-0.2, 0) is 35.6 Å². The van der Waals surface area contributed by atoms with Gasteiger partial charge < -0.3 is 20.3 Å². The van der Waals surface area contributed by atoms with Gasteiger partial charge in [0.1, 0.15) is 30.3 Å². The zero-order valence-electron chi connectivity index (χ0n) is 24.3. The number of halogens is 2. The minimum Gasteiger partial charge on any atom is -0.489 e. The van der Waals surface area contributed by atoms with Crippen molar-refractivity contribution in [2.75, 3.05) is 0 Å². The van der Waals surface area contributed by atoms with E-state index in [1.54, 1.807) is 30.5 Å². The first-order chi connectivity index (χ1) is 21.7. The Morgan fingerprint density at radius 1 is 1.09 bits per heavy atom. The smallest absolute Gasteiger partial charge is 0.320 e. The summed E-state index contributed by atoms with van der Waals surface area (Å²) in [6, 6.07) is 19.0. The van der Waals surface area contributed by atoms with Crippen LogP contribution in [0.4, 0.5) is 4.39 Å². The average Bonchev–Trinajstić information content (AvgIpc) is 3.44. The molecule has 2 atom stereocenters. The topological polar surface area (TPSA) is 133 Å². The number of benzene rings is 3. The van der Waals surface area contributed by atoms with Crippen LogP contribution in [0.5, 0.6) is 5.75 Å². The van der Waals surface area contributed by atoms with Crippen LogP contribution >= 0.6 is 11.6 Å². The monoisotopic (exact) mass is 627 g/mol. The van der Waals surface area contributed by atoms with Crippen LogP contribution in [0.25, 0.3) is 11.1 Å². The third-order valence-electron chi connectivity index (χ3n) is 8.06. The van der Waals surface area contributed by atoms with Crippen LogP contribution in [0, 0.1) is 17.1 Å². The normalized spacial score (nSPS) is 14.4. The van der Waals surface area contributed by atoms with Gasteiger partial charge in [-0.3, -0.25) is 14.6 Å². The second-order valence-electron chi connectivity index (χ2n) is 11.0. The van der Waals surface area contributed by atoms with Crippen LogP contribution in [0.3, 0.4) is 0 Å². The maximum absolute atomic E-state index is 14.7. The lowest BCUT2D eigenvalue weighted by atomic mass is 9.90. The molecule has 1 aromatic heterocycles. The summed E-state index contributed by atoms with van der Waals surface area (Å²) in [7, 11) is 0. The summed E-state index contributed by atoms with van der Waals surface area (Å²) in [6.07, 6.45) is 4.96. The Hall–Kier alpha value is -4.78. The van der Waals surface area contributed by atoms with Crippen molar-refractivity contribution in [1.82, 2.24) is 10.3 Å². The zero-order chi connectivity index (χ0) is 31.9. The molecule has 0 saturated heterocycles. The Bertz CT molecular complexity index is 1770. The number of nitrogens with zero attached hydrogens (tertiary/aromatic N) is 2. The Balaban J connectivity index is 1.42. The van der Waals surface area contributed by atoms with Crippen molar-refractivity contribution in [1.29, 1.82) is 5.26 Å². The maximum atomic E-state index is 14.7. The third-order valence-corrected chi connectivity index (χ3v) is 8.41. The number of nitrogens with one attached hydrogen (secondary N) is 1. The second-order valence-corrected chi connectivity index (χ2v) is 11.4. The Morgan fingerprint density at radius 3 is 2.64 bits per heavy atom. The van der Waals surface area contributed by atoms with Gasteiger partial charge in [-0.05, 0) is 78.1 Å². The fraction of sp³-hybridized carbons (Fsp3) is 0.257. The number of pyridine rings is 1. The summed E-state index contributed by atoms with van der Waals surface area (Å²) in [4.78, 5) is 26.9. The molecule has 8 nitrogen and oxygen atoms in total. The molecule has 1 unspecified atom stereocenters. The summed E-state index contributed by atoms with van der Waals surface area (Å²) in [5.41, 5.74) is 6.28. The largest absolute Gasteiger partial charge is 0.489 e. The van der Waals surface area contributed by atoms with E-state index in [2.05, 4.69) is 22.4 Å². The lowest BCUT2D eigenvalue weighted by Gasteiger charge is -2.20. The molecule has 4 aromatic rings. The van der Waals surface area contributed by atoms with Crippen molar-refractivity contribution >= 4 is 23.5 Å². The first-order valence-corrected chi connectivity index (χ1v) is 14.9. The number of ether oxygens (including phenoxy) is 1. The fourth-order valence-corrected chi connectivity index (χ4v) is 6.08. The van der Waals surface area contributed by atoms with E-state index in [-0.39, 0.29) is 37.7 Å². The van der Waals surface area contributed by atoms with Gasteiger partial charge in [-0.25, -0.2) is 4.39 Å². The minimum atomic E-state index is -1.16. The molecule has 10 heteroatoms. The number of rotatable bonds is 13. The molecule has 0 bridgehead atoms. The molecular weight excluding hydrogens is 597 g/mol. The summed E-state index contributed by atoms with van der Waals surface area (Å²) < 4.78 is 20.9. The van der Waals surface area contributed by atoms with Crippen molar-refractivity contribution in [2.45, 2.75) is 57.2 Å². The van der Waals surface area contributed by atoms with Crippen molar-refractivity contribution in [3.05, 3.63) is 117 Å². The standard InChI is InChI=1S/C35H31ClFN3O5/c36-30-14-25(19-40-32(35(43)44)10-11-34(41)42)33(45-20-22-12-21(16-38)17-39-18-22)15-24(30)13-23-8-9-28-26(23)5-3-6-27(28)29-4-1-2-7-31(29)37/h1-7,12,14-15,17-18,23,32,40H,8-11,13,19-20H2,(H,41,42)(H,43,44)/t23-,32?/m1/s1. The zero-order valence-corrected chi connectivity index (χ0v) is 25.1. The average molecular weight is 628 g/mol. The molecule has 230 valence electrons. The first-order valence-electron chi connectivity index (χ1n) is 14.6. The maximum Gasteiger partial charge on any atom is 0.320 e. The summed E-state index contributed by atoms with van der Waals surface area (Å²) in [5.74, 6) is -1.88. The van der Waals surface area contributed by atoms with E-state index in [4.69, 9.17) is 21.4 Å². The van der Waals surface area contributed by atoms with E-state index < -0.39 is 18.0 Å². The molecule has 1 heterocycles. The van der Waals surface area contributed by atoms with Gasteiger partial charge in [-0.2, -0.15) is 5.26 Å². The van der Waals surface area contributed by atoms with E-state index in [1.165, 1.54) is 12.3 Å². The van der Waals surface area contributed by atoms with Gasteiger partial charge in [-0.15, -0.1) is 0 Å². The molecular formula is C35H31ClFN3O5. The molecule has 0 fully saturated rings. The summed E-state index contributed by atoms with van der Waals surface area (Å²) in [5, 5.41) is 31.3. The van der Waals surface area contributed by atoms with Gasteiger partial charge in [0.15, 0.2) is 0 Å². The van der Waals surface area contributed by atoms with Gasteiger partial charge in [0, 0.05) is 47.1 Å². The third kappa shape index (κ3) is 7.66. The number of carboxylic acid groups (broad SMARTS) is 2. The van der Waals surface area contributed by atoms with Crippen molar-refractivity contribution < 1.29 is 28.9 Å². The number of fused-ring (bicyclic) bond motifs is 1. The number of hydrogen-bond acceptors (Lipinski definition) is 6. The molecule has 45 heavy (non-hydrogen) atoms. The predicted octanol–water partition coefficient (Wildman–Crippen LogP) is 6.67. The highest BCUT2D eigenvalue weighted by Gasteiger charge is 2.27. The van der Waals surface area contributed by atoms with Crippen LogP contribution in [0.2, 0.25) is 5.02 Å². The molecule has 3 aromatic carbocycles. The van der Waals surface area contributed by atoms with Gasteiger partial charge in [0.25, 0.3) is 0 Å². The van der Waals surface area contributed by atoms with Crippen LogP contribution < -0.4 is 10.1 Å². The van der Waals surface area contributed by atoms with Crippen LogP contribution in [0.1, 0.15) is 58.6 Å². The van der Waals surface area contributed by atoms with Gasteiger partial charge in [0.05, 0.1) is 5.56 Å². The van der Waals surface area contributed by atoms with E-state index in [0.717, 1.165) is 35.1 Å². The lowest BCUT2D eigenvalue weighted by Crippen LogP contribution is -2.36. The quantitative estimate of drug-likeness (QED) is 0.150. The van der Waals surface area contributed by atoms with Crippen LogP contribution in [-0.4, -0.2) is 33.2 Å². The van der Waals surface area contributed by atoms with E-state index in [9.17, 15) is 24.3 Å². The molecule has 0 amide bonds. The highest BCUT2D eigenvalue weighted by Crippen LogP contribution is 2.42. The van der Waals surface area contributed by atoms with Gasteiger partial charge in [0.2, 0.25) is 0 Å². The minimum absolute atomic E-state index is 0.0701. The van der Waals surface area contributed by atoms with Crippen molar-refractivity contribution in [3.8, 4) is 22.9 Å². The SMILES string of the molecule is N#Cc1cncc(COc2cc(C[C@H]3CCc4c(-c5ccccc5F)cccc43)c(Cl)cc2CNC(CCC(=O)O)C(=O)O)c1. The molecule has 3 N–H and O–H groups in total. The van der Waals surface area contributed by atoms with Crippen LogP contribution in [0.15, 0.2) is 73.1 Å². The number of hydrogen-bond donors (Lipinski definition) is 3. The number of nitriles is 1. The molecule has 0 radical (unpaired) electrons.